The zero-order chi connectivity index (χ0) is 16.0. The number of fused-ring (bicyclic) bond motifs is 1. The minimum atomic E-state index is -2.05. The molecule has 0 radical (unpaired) electrons. The molecule has 3 rings (SSSR count). The fraction of sp³-hybridized carbons (Fsp3) is 0.0714. The van der Waals surface area contributed by atoms with Gasteiger partial charge < -0.3 is 10.1 Å². The van der Waals surface area contributed by atoms with E-state index in [0.717, 1.165) is 12.1 Å². The van der Waals surface area contributed by atoms with Crippen LogP contribution in [-0.2, 0) is 4.79 Å². The highest BCUT2D eigenvalue weighted by Gasteiger charge is 2.24. The molecule has 22 heavy (non-hydrogen) atoms. The van der Waals surface area contributed by atoms with Gasteiger partial charge in [0.15, 0.2) is 29.9 Å². The highest BCUT2D eigenvalue weighted by molar-refractivity contribution is 5.96. The number of halogens is 5. The van der Waals surface area contributed by atoms with Gasteiger partial charge in [0.25, 0.3) is 5.91 Å². The van der Waals surface area contributed by atoms with Crippen LogP contribution in [0.5, 0.6) is 5.75 Å². The Bertz CT molecular complexity index is 807. The lowest BCUT2D eigenvalue weighted by Crippen LogP contribution is -2.25. The highest BCUT2D eigenvalue weighted by atomic mass is 19.2. The molecule has 0 aliphatic carbocycles. The van der Waals surface area contributed by atoms with Crippen molar-refractivity contribution < 1.29 is 31.5 Å². The van der Waals surface area contributed by atoms with Gasteiger partial charge in [-0.2, -0.15) is 0 Å². The first-order valence-corrected chi connectivity index (χ1v) is 5.98. The van der Waals surface area contributed by atoms with Gasteiger partial charge in [0.1, 0.15) is 11.6 Å². The minimum Gasteiger partial charge on any atom is -0.481 e. The summed E-state index contributed by atoms with van der Waals surface area (Å²) < 4.78 is 72.2. The Morgan fingerprint density at radius 2 is 1.59 bits per heavy atom. The Hall–Kier alpha value is -2.64. The highest BCUT2D eigenvalue weighted by Crippen LogP contribution is 2.37. The topological polar surface area (TPSA) is 38.3 Å². The van der Waals surface area contributed by atoms with Crippen molar-refractivity contribution in [2.45, 2.75) is 0 Å². The van der Waals surface area contributed by atoms with Crippen molar-refractivity contribution in [3.8, 4) is 16.9 Å². The summed E-state index contributed by atoms with van der Waals surface area (Å²) in [4.78, 5) is 11.2. The normalized spacial score (nSPS) is 13.4. The summed E-state index contributed by atoms with van der Waals surface area (Å²) in [7, 11) is 0. The van der Waals surface area contributed by atoms with E-state index < -0.39 is 46.1 Å². The molecule has 2 aromatic rings. The molecule has 0 bridgehead atoms. The van der Waals surface area contributed by atoms with Crippen LogP contribution < -0.4 is 10.1 Å². The van der Waals surface area contributed by atoms with Gasteiger partial charge >= 0.3 is 0 Å². The Kier molecular flexibility index (Phi) is 3.23. The van der Waals surface area contributed by atoms with E-state index in [0.29, 0.717) is 6.07 Å². The van der Waals surface area contributed by atoms with Gasteiger partial charge in [-0.15, -0.1) is 0 Å². The summed E-state index contributed by atoms with van der Waals surface area (Å²) in [5, 5.41) is 2.34. The summed E-state index contributed by atoms with van der Waals surface area (Å²) in [6.45, 7) is -0.319. The SMILES string of the molecule is O=C1COc2cc(F)c(-c3cc(F)c(F)c(F)c3F)cc2N1. The van der Waals surface area contributed by atoms with Gasteiger partial charge in [0.05, 0.1) is 5.69 Å². The van der Waals surface area contributed by atoms with E-state index in [1.807, 2.05) is 0 Å². The lowest BCUT2D eigenvalue weighted by atomic mass is 10.0. The number of hydrogen-bond acceptors (Lipinski definition) is 2. The number of nitrogens with one attached hydrogen (secondary N) is 1. The molecule has 1 N–H and O–H groups in total. The predicted octanol–water partition coefficient (Wildman–Crippen LogP) is 3.38. The average Bonchev–Trinajstić information content (AvgIpc) is 2.49. The van der Waals surface area contributed by atoms with Gasteiger partial charge in [-0.05, 0) is 12.1 Å². The molecule has 1 aliphatic rings. The van der Waals surface area contributed by atoms with Crippen molar-refractivity contribution in [1.82, 2.24) is 0 Å². The second kappa shape index (κ2) is 4.97. The molecule has 1 aliphatic heterocycles. The van der Waals surface area contributed by atoms with Crippen molar-refractivity contribution in [3.63, 3.8) is 0 Å². The third-order valence-corrected chi connectivity index (χ3v) is 3.09. The third kappa shape index (κ3) is 2.16. The van der Waals surface area contributed by atoms with Gasteiger partial charge in [-0.3, -0.25) is 4.79 Å². The van der Waals surface area contributed by atoms with Crippen LogP contribution in [0.15, 0.2) is 18.2 Å². The van der Waals surface area contributed by atoms with Gasteiger partial charge in [-0.25, -0.2) is 22.0 Å². The van der Waals surface area contributed by atoms with E-state index >= 15 is 0 Å². The quantitative estimate of drug-likeness (QED) is 0.498. The van der Waals surface area contributed by atoms with E-state index in [2.05, 4.69) is 5.32 Å². The van der Waals surface area contributed by atoms with Crippen LogP contribution >= 0.6 is 0 Å². The summed E-state index contributed by atoms with van der Waals surface area (Å²) in [5.41, 5.74) is -1.34. The second-order valence-electron chi connectivity index (χ2n) is 4.51. The summed E-state index contributed by atoms with van der Waals surface area (Å²) in [6.07, 6.45) is 0. The summed E-state index contributed by atoms with van der Waals surface area (Å²) in [5.74, 6) is -9.01. The predicted molar refractivity (Wildman–Crippen MR) is 65.8 cm³/mol. The first-order valence-electron chi connectivity index (χ1n) is 5.98. The Balaban J connectivity index is 2.21. The van der Waals surface area contributed by atoms with Crippen molar-refractivity contribution in [2.75, 3.05) is 11.9 Å². The zero-order valence-electron chi connectivity index (χ0n) is 10.6. The molecule has 0 unspecified atom stereocenters. The summed E-state index contributed by atoms with van der Waals surface area (Å²) >= 11 is 0. The number of carbonyl (C=O) groups excluding carboxylic acids is 1. The van der Waals surface area contributed by atoms with Crippen LogP contribution in [-0.4, -0.2) is 12.5 Å². The van der Waals surface area contributed by atoms with Crippen LogP contribution in [0.25, 0.3) is 11.1 Å². The third-order valence-electron chi connectivity index (χ3n) is 3.09. The van der Waals surface area contributed by atoms with Crippen LogP contribution in [0.2, 0.25) is 0 Å². The zero-order valence-corrected chi connectivity index (χ0v) is 10.6. The molecule has 1 amide bonds. The molecule has 0 atom stereocenters. The smallest absolute Gasteiger partial charge is 0.262 e. The van der Waals surface area contributed by atoms with Crippen LogP contribution in [0, 0.1) is 29.1 Å². The van der Waals surface area contributed by atoms with E-state index in [4.69, 9.17) is 4.74 Å². The molecular formula is C14H6F5NO2. The lowest BCUT2D eigenvalue weighted by Gasteiger charge is -2.19. The minimum absolute atomic E-state index is 0.00989. The maximum atomic E-state index is 14.0. The number of amides is 1. The molecule has 1 heterocycles. The van der Waals surface area contributed by atoms with Gasteiger partial charge in [0.2, 0.25) is 0 Å². The van der Waals surface area contributed by atoms with Crippen LogP contribution in [0.3, 0.4) is 0 Å². The number of carbonyl (C=O) groups is 1. The lowest BCUT2D eigenvalue weighted by molar-refractivity contribution is -0.118. The first kappa shape index (κ1) is 14.3. The number of benzene rings is 2. The van der Waals surface area contributed by atoms with E-state index in [1.165, 1.54) is 0 Å². The number of anilines is 1. The van der Waals surface area contributed by atoms with Crippen LogP contribution in [0.1, 0.15) is 0 Å². The average molecular weight is 315 g/mol. The molecule has 0 fully saturated rings. The standard InChI is InChI=1S/C14H6F5NO2/c15-7-3-10-9(20-11(21)4-22-10)2-5(7)6-1-8(16)13(18)14(19)12(6)17/h1-3H,4H2,(H,20,21). The molecule has 0 aromatic heterocycles. The molecule has 0 saturated heterocycles. The van der Waals surface area contributed by atoms with Crippen molar-refractivity contribution in [1.29, 1.82) is 0 Å². The van der Waals surface area contributed by atoms with Crippen LogP contribution in [0.4, 0.5) is 27.6 Å². The van der Waals surface area contributed by atoms with Crippen molar-refractivity contribution in [2.24, 2.45) is 0 Å². The second-order valence-corrected chi connectivity index (χ2v) is 4.51. The molecular weight excluding hydrogens is 309 g/mol. The maximum Gasteiger partial charge on any atom is 0.262 e. The number of rotatable bonds is 1. The monoisotopic (exact) mass is 315 g/mol. The molecule has 8 heteroatoms. The molecule has 3 nitrogen and oxygen atoms in total. The number of ether oxygens (including phenoxy) is 1. The van der Waals surface area contributed by atoms with E-state index in [-0.39, 0.29) is 18.0 Å². The summed E-state index contributed by atoms with van der Waals surface area (Å²) in [6, 6.07) is 2.13. The first-order chi connectivity index (χ1) is 10.4. The largest absolute Gasteiger partial charge is 0.481 e. The molecule has 0 saturated carbocycles. The molecule has 114 valence electrons. The Labute approximate surface area is 120 Å². The molecule has 0 spiro atoms. The Morgan fingerprint density at radius 3 is 2.32 bits per heavy atom. The van der Waals surface area contributed by atoms with Crippen molar-refractivity contribution in [3.05, 3.63) is 47.3 Å². The van der Waals surface area contributed by atoms with E-state index in [1.54, 1.807) is 0 Å². The fourth-order valence-electron chi connectivity index (χ4n) is 2.08. The van der Waals surface area contributed by atoms with E-state index in [9.17, 15) is 26.7 Å². The van der Waals surface area contributed by atoms with Crippen molar-refractivity contribution >= 4 is 11.6 Å². The number of hydrogen-bond donors (Lipinski definition) is 1. The van der Waals surface area contributed by atoms with Gasteiger partial charge in [-0.1, -0.05) is 0 Å². The Morgan fingerprint density at radius 1 is 0.864 bits per heavy atom. The van der Waals surface area contributed by atoms with Gasteiger partial charge in [0, 0.05) is 17.2 Å². The fourth-order valence-corrected chi connectivity index (χ4v) is 2.08. The maximum absolute atomic E-state index is 14.0. The molecule has 2 aromatic carbocycles.